The van der Waals surface area contributed by atoms with Gasteiger partial charge in [-0.2, -0.15) is 4.98 Å². The lowest BCUT2D eigenvalue weighted by Crippen LogP contribution is -2.19. The molecule has 0 aromatic carbocycles. The van der Waals surface area contributed by atoms with Gasteiger partial charge in [0.15, 0.2) is 0 Å². The quantitative estimate of drug-likeness (QED) is 0.607. The van der Waals surface area contributed by atoms with E-state index in [0.717, 1.165) is 54.9 Å². The van der Waals surface area contributed by atoms with Crippen LogP contribution in [0.15, 0.2) is 18.3 Å². The van der Waals surface area contributed by atoms with Gasteiger partial charge in [-0.05, 0) is 51.5 Å². The maximum Gasteiger partial charge on any atom is 0.224 e. The van der Waals surface area contributed by atoms with Crippen LogP contribution in [0, 0.1) is 12.8 Å². The van der Waals surface area contributed by atoms with E-state index < -0.39 is 0 Å². The van der Waals surface area contributed by atoms with E-state index in [1.807, 2.05) is 32.2 Å². The summed E-state index contributed by atoms with van der Waals surface area (Å²) in [5.74, 6) is 2.44. The number of nitrogens with zero attached hydrogens (tertiary/aromatic N) is 3. The van der Waals surface area contributed by atoms with Crippen molar-refractivity contribution >= 4 is 11.8 Å². The minimum Gasteiger partial charge on any atom is -0.478 e. The number of nitrogens with one attached hydrogen (secondary N) is 2. The van der Waals surface area contributed by atoms with Crippen molar-refractivity contribution in [1.82, 2.24) is 15.0 Å². The van der Waals surface area contributed by atoms with Crippen molar-refractivity contribution < 1.29 is 9.84 Å². The van der Waals surface area contributed by atoms with Gasteiger partial charge in [-0.1, -0.05) is 6.92 Å². The number of aromatic nitrogens is 3. The average molecular weight is 386 g/mol. The average Bonchev–Trinajstić information content (AvgIpc) is 3.15. The molecule has 28 heavy (non-hydrogen) atoms. The zero-order chi connectivity index (χ0) is 19.9. The molecule has 0 bridgehead atoms. The molecule has 1 aliphatic rings. The molecule has 0 unspecified atom stereocenters. The molecule has 0 aliphatic heterocycles. The summed E-state index contributed by atoms with van der Waals surface area (Å²) in [7, 11) is 0. The molecule has 0 saturated heterocycles. The number of pyridine rings is 1. The van der Waals surface area contributed by atoms with Gasteiger partial charge in [0.1, 0.15) is 5.82 Å². The molecule has 7 nitrogen and oxygen atoms in total. The van der Waals surface area contributed by atoms with Crippen LogP contribution in [-0.2, 0) is 0 Å². The first-order chi connectivity index (χ1) is 13.6. The molecule has 2 aromatic rings. The SMILES string of the molecule is CCCNc1nc(C)c(-c2ccc(OCC)nc2)c(N[C@H]2CC[C@@H](CO)C2)n1. The van der Waals surface area contributed by atoms with E-state index >= 15 is 0 Å². The lowest BCUT2D eigenvalue weighted by molar-refractivity contribution is 0.229. The maximum atomic E-state index is 9.45. The summed E-state index contributed by atoms with van der Waals surface area (Å²) >= 11 is 0. The standard InChI is InChI=1S/C21H31N5O2/c1-4-10-22-21-24-14(3)19(16-7-9-18(23-12-16)28-5-2)20(26-21)25-17-8-6-15(11-17)13-27/h7,9,12,15,17,27H,4-6,8,10-11,13H2,1-3H3,(H2,22,24,25,26)/t15-,17+/m1/s1. The zero-order valence-corrected chi connectivity index (χ0v) is 17.0. The first kappa shape index (κ1) is 20.3. The Labute approximate surface area is 167 Å². The Morgan fingerprint density at radius 2 is 2.07 bits per heavy atom. The molecule has 1 fully saturated rings. The van der Waals surface area contributed by atoms with Crippen molar-refractivity contribution in [1.29, 1.82) is 0 Å². The minimum absolute atomic E-state index is 0.250. The van der Waals surface area contributed by atoms with Crippen molar-refractivity contribution in [2.24, 2.45) is 5.92 Å². The van der Waals surface area contributed by atoms with Gasteiger partial charge >= 0.3 is 0 Å². The first-order valence-corrected chi connectivity index (χ1v) is 10.2. The van der Waals surface area contributed by atoms with Gasteiger partial charge in [-0.3, -0.25) is 0 Å². The molecule has 1 aliphatic carbocycles. The van der Waals surface area contributed by atoms with Crippen LogP contribution in [-0.4, -0.2) is 45.9 Å². The largest absolute Gasteiger partial charge is 0.478 e. The summed E-state index contributed by atoms with van der Waals surface area (Å²) in [5.41, 5.74) is 2.83. The van der Waals surface area contributed by atoms with E-state index in [1.165, 1.54) is 0 Å². The highest BCUT2D eigenvalue weighted by Gasteiger charge is 2.26. The fourth-order valence-electron chi connectivity index (χ4n) is 3.67. The van der Waals surface area contributed by atoms with Crippen LogP contribution in [0.25, 0.3) is 11.1 Å². The predicted molar refractivity (Wildman–Crippen MR) is 112 cm³/mol. The molecule has 1 saturated carbocycles. The van der Waals surface area contributed by atoms with Gasteiger partial charge in [0.05, 0.1) is 12.3 Å². The predicted octanol–water partition coefficient (Wildman–Crippen LogP) is 3.64. The monoisotopic (exact) mass is 385 g/mol. The van der Waals surface area contributed by atoms with Crippen molar-refractivity contribution in [2.75, 3.05) is 30.4 Å². The molecule has 0 amide bonds. The molecule has 0 radical (unpaired) electrons. The molecule has 3 N–H and O–H groups in total. The summed E-state index contributed by atoms with van der Waals surface area (Å²) in [6.45, 7) is 7.73. The van der Waals surface area contributed by atoms with Crippen molar-refractivity contribution in [3.8, 4) is 17.0 Å². The highest BCUT2D eigenvalue weighted by molar-refractivity contribution is 5.78. The third-order valence-corrected chi connectivity index (χ3v) is 5.08. The van der Waals surface area contributed by atoms with Crippen LogP contribution >= 0.6 is 0 Å². The summed E-state index contributed by atoms with van der Waals surface area (Å²) in [5, 5.41) is 16.3. The molecule has 152 valence electrons. The Morgan fingerprint density at radius 1 is 1.21 bits per heavy atom. The topological polar surface area (TPSA) is 92.2 Å². The highest BCUT2D eigenvalue weighted by atomic mass is 16.5. The smallest absolute Gasteiger partial charge is 0.224 e. The van der Waals surface area contributed by atoms with Crippen LogP contribution in [0.2, 0.25) is 0 Å². The molecule has 0 spiro atoms. The highest BCUT2D eigenvalue weighted by Crippen LogP contribution is 2.34. The van der Waals surface area contributed by atoms with E-state index in [1.54, 1.807) is 0 Å². The van der Waals surface area contributed by atoms with Gasteiger partial charge in [-0.25, -0.2) is 9.97 Å². The number of aliphatic hydroxyl groups is 1. The van der Waals surface area contributed by atoms with Gasteiger partial charge in [0.2, 0.25) is 11.8 Å². The van der Waals surface area contributed by atoms with E-state index in [2.05, 4.69) is 27.5 Å². The number of ether oxygens (including phenoxy) is 1. The number of aryl methyl sites for hydroxylation is 1. The fraction of sp³-hybridized carbons (Fsp3) is 0.571. The normalized spacial score (nSPS) is 18.9. The molecule has 3 rings (SSSR count). The van der Waals surface area contributed by atoms with Gasteiger partial charge in [-0.15, -0.1) is 0 Å². The second kappa shape index (κ2) is 9.68. The number of hydrogen-bond acceptors (Lipinski definition) is 7. The summed E-state index contributed by atoms with van der Waals surface area (Å²) < 4.78 is 5.46. The zero-order valence-electron chi connectivity index (χ0n) is 17.0. The molecule has 7 heteroatoms. The van der Waals surface area contributed by atoms with Gasteiger partial charge in [0, 0.05) is 42.6 Å². The van der Waals surface area contributed by atoms with E-state index in [4.69, 9.17) is 9.72 Å². The lowest BCUT2D eigenvalue weighted by Gasteiger charge is -2.19. The number of hydrogen-bond donors (Lipinski definition) is 3. The molecular formula is C21H31N5O2. The Hall–Kier alpha value is -2.41. The Bertz CT molecular complexity index is 766. The summed E-state index contributed by atoms with van der Waals surface area (Å²) in [4.78, 5) is 13.8. The Balaban J connectivity index is 1.92. The lowest BCUT2D eigenvalue weighted by atomic mass is 10.1. The fourth-order valence-corrected chi connectivity index (χ4v) is 3.67. The van der Waals surface area contributed by atoms with Crippen LogP contribution in [0.1, 0.15) is 45.2 Å². The summed E-state index contributed by atoms with van der Waals surface area (Å²) in [6.07, 6.45) is 5.85. The van der Waals surface area contributed by atoms with Gasteiger partial charge < -0.3 is 20.5 Å². The third-order valence-electron chi connectivity index (χ3n) is 5.08. The van der Waals surface area contributed by atoms with Crippen molar-refractivity contribution in [3.05, 3.63) is 24.0 Å². The summed E-state index contributed by atoms with van der Waals surface area (Å²) in [6, 6.07) is 4.18. The Morgan fingerprint density at radius 3 is 2.71 bits per heavy atom. The molecule has 2 heterocycles. The van der Waals surface area contributed by atoms with E-state index in [-0.39, 0.29) is 6.61 Å². The van der Waals surface area contributed by atoms with Crippen LogP contribution in [0.5, 0.6) is 5.88 Å². The number of anilines is 2. The molecule has 2 aromatic heterocycles. The molecule has 2 atom stereocenters. The third kappa shape index (κ3) is 4.90. The van der Waals surface area contributed by atoms with Crippen molar-refractivity contribution in [3.63, 3.8) is 0 Å². The molecular weight excluding hydrogens is 354 g/mol. The minimum atomic E-state index is 0.250. The van der Waals surface area contributed by atoms with E-state index in [9.17, 15) is 5.11 Å². The van der Waals surface area contributed by atoms with Crippen LogP contribution in [0.4, 0.5) is 11.8 Å². The number of rotatable bonds is 9. The van der Waals surface area contributed by atoms with Crippen LogP contribution < -0.4 is 15.4 Å². The second-order valence-electron chi connectivity index (χ2n) is 7.30. The number of aliphatic hydroxyl groups excluding tert-OH is 1. The van der Waals surface area contributed by atoms with Crippen LogP contribution in [0.3, 0.4) is 0 Å². The first-order valence-electron chi connectivity index (χ1n) is 10.2. The van der Waals surface area contributed by atoms with Gasteiger partial charge in [0.25, 0.3) is 0 Å². The Kier molecular flexibility index (Phi) is 7.03. The second-order valence-corrected chi connectivity index (χ2v) is 7.30. The van der Waals surface area contributed by atoms with E-state index in [0.29, 0.717) is 30.4 Å². The van der Waals surface area contributed by atoms with Crippen molar-refractivity contribution in [2.45, 2.75) is 52.5 Å². The maximum absolute atomic E-state index is 9.45.